The van der Waals surface area contributed by atoms with Crippen molar-refractivity contribution in [1.29, 1.82) is 0 Å². The van der Waals surface area contributed by atoms with Crippen LogP contribution in [0, 0.1) is 0 Å². The lowest BCUT2D eigenvalue weighted by Crippen LogP contribution is -2.18. The molecule has 8 heavy (non-hydrogen) atoms. The number of hydrogen-bond donors (Lipinski definition) is 1. The third-order valence-electron chi connectivity index (χ3n) is 1.29. The molecule has 0 saturated carbocycles. The maximum Gasteiger partial charge on any atom is 0.204 e. The van der Waals surface area contributed by atoms with Crippen LogP contribution < -0.4 is 0 Å². The normalized spacial score (nSPS) is 14.2. The molecular weight excluding hydrogens is 118 g/mol. The van der Waals surface area contributed by atoms with Crippen LogP contribution in [0.25, 0.3) is 0 Å². The van der Waals surface area contributed by atoms with Crippen LogP contribution in [-0.2, 0) is 0 Å². The maximum atomic E-state index is 4.17. The van der Waals surface area contributed by atoms with Gasteiger partial charge in [-0.25, -0.2) is 4.58 Å². The van der Waals surface area contributed by atoms with E-state index in [0.717, 1.165) is 5.04 Å². The molecule has 0 N–H and O–H groups in total. The second-order valence-corrected chi connectivity index (χ2v) is 2.90. The molecule has 0 bridgehead atoms. The topological polar surface area (TPSA) is 3.01 Å². The molecule has 2 heteroatoms. The van der Waals surface area contributed by atoms with Gasteiger partial charge in [0.1, 0.15) is 13.1 Å². The van der Waals surface area contributed by atoms with E-state index in [1.54, 1.807) is 0 Å². The summed E-state index contributed by atoms with van der Waals surface area (Å²) >= 11 is 4.17. The Labute approximate surface area is 56.8 Å². The highest BCUT2D eigenvalue weighted by Crippen LogP contribution is 1.88. The molecule has 0 amide bonds. The van der Waals surface area contributed by atoms with Crippen molar-refractivity contribution in [2.75, 3.05) is 7.05 Å². The van der Waals surface area contributed by atoms with Gasteiger partial charge in [0.05, 0.1) is 0 Å². The molecule has 0 unspecified atom stereocenters. The summed E-state index contributed by atoms with van der Waals surface area (Å²) in [5.41, 5.74) is 0. The summed E-state index contributed by atoms with van der Waals surface area (Å²) in [6, 6.07) is 0.562. The van der Waals surface area contributed by atoms with Gasteiger partial charge in [-0.1, -0.05) is 12.6 Å². The van der Waals surface area contributed by atoms with Crippen LogP contribution in [0.15, 0.2) is 0 Å². The fraction of sp³-hybridized carbons (Fsp3) is 0.833. The molecule has 0 spiro atoms. The van der Waals surface area contributed by atoms with E-state index < -0.39 is 0 Å². The minimum Gasteiger partial charge on any atom is -0.229 e. The zero-order valence-corrected chi connectivity index (χ0v) is 6.87. The quantitative estimate of drug-likeness (QED) is 0.238. The van der Waals surface area contributed by atoms with Crippen LogP contribution in [0.1, 0.15) is 20.8 Å². The van der Waals surface area contributed by atoms with Crippen molar-refractivity contribution < 1.29 is 4.58 Å². The van der Waals surface area contributed by atoms with Crippen molar-refractivity contribution in [3.8, 4) is 0 Å². The molecule has 0 saturated heterocycles. The van der Waals surface area contributed by atoms with Gasteiger partial charge in [-0.2, -0.15) is 0 Å². The Bertz CT molecular complexity index is 101. The number of hydrogen-bond acceptors (Lipinski definition) is 0. The van der Waals surface area contributed by atoms with E-state index in [4.69, 9.17) is 0 Å². The Morgan fingerprint density at radius 2 is 1.88 bits per heavy atom. The van der Waals surface area contributed by atoms with Crippen LogP contribution in [0.3, 0.4) is 0 Å². The first-order valence-electron chi connectivity index (χ1n) is 2.81. The zero-order chi connectivity index (χ0) is 6.73. The first-order chi connectivity index (χ1) is 3.55. The average Bonchev–Trinajstić information content (AvgIpc) is 1.64. The molecule has 0 fully saturated rings. The summed E-state index contributed by atoms with van der Waals surface area (Å²) in [4.78, 5) is 0. The van der Waals surface area contributed by atoms with Gasteiger partial charge in [0.25, 0.3) is 0 Å². The lowest BCUT2D eigenvalue weighted by molar-refractivity contribution is -0.527. The molecule has 0 aromatic rings. The van der Waals surface area contributed by atoms with Gasteiger partial charge < -0.3 is 0 Å². The molecule has 0 radical (unpaired) electrons. The van der Waals surface area contributed by atoms with Gasteiger partial charge in [0.15, 0.2) is 0 Å². The molecule has 0 aromatic carbocycles. The Morgan fingerprint density at radius 3 is 1.88 bits per heavy atom. The summed E-state index contributed by atoms with van der Waals surface area (Å²) in [5, 5.41) is 1.07. The number of rotatable bonds is 1. The molecule has 1 nitrogen and oxygen atoms in total. The first kappa shape index (κ1) is 8.02. The standard InChI is InChI=1S/C6H13NS/c1-5(2)7(4)6(3)8/h5H,1-4H3/p+1. The SMILES string of the molecule is CC(S)=[N+](C)C(C)C. The minimum absolute atomic E-state index is 0.562. The van der Waals surface area contributed by atoms with Crippen LogP contribution in [-0.4, -0.2) is 22.7 Å². The molecule has 0 aliphatic carbocycles. The van der Waals surface area contributed by atoms with E-state index in [2.05, 4.69) is 31.1 Å². The van der Waals surface area contributed by atoms with E-state index in [-0.39, 0.29) is 0 Å². The van der Waals surface area contributed by atoms with Gasteiger partial charge in [0, 0.05) is 6.92 Å². The zero-order valence-electron chi connectivity index (χ0n) is 5.97. The smallest absolute Gasteiger partial charge is 0.204 e. The highest BCUT2D eigenvalue weighted by Gasteiger charge is 2.03. The molecule has 0 aromatic heterocycles. The Hall–Kier alpha value is 0.0200. The molecule has 0 aliphatic heterocycles. The van der Waals surface area contributed by atoms with E-state index in [1.807, 2.05) is 14.0 Å². The number of nitrogens with zero attached hydrogens (tertiary/aromatic N) is 1. The highest BCUT2D eigenvalue weighted by atomic mass is 32.1. The molecule has 48 valence electrons. The van der Waals surface area contributed by atoms with Crippen LogP contribution in [0.2, 0.25) is 0 Å². The first-order valence-corrected chi connectivity index (χ1v) is 3.25. The Balaban J connectivity index is 4.00. The van der Waals surface area contributed by atoms with Crippen molar-refractivity contribution >= 4 is 17.7 Å². The second kappa shape index (κ2) is 3.13. The van der Waals surface area contributed by atoms with Crippen molar-refractivity contribution in [3.05, 3.63) is 0 Å². The van der Waals surface area contributed by atoms with Crippen molar-refractivity contribution in [1.82, 2.24) is 0 Å². The second-order valence-electron chi connectivity index (χ2n) is 2.25. The number of thiol groups is 1. The predicted octanol–water partition coefficient (Wildman–Crippen LogP) is 1.39. The Morgan fingerprint density at radius 1 is 1.50 bits per heavy atom. The largest absolute Gasteiger partial charge is 0.229 e. The van der Waals surface area contributed by atoms with Gasteiger partial charge in [0.2, 0.25) is 5.04 Å². The summed E-state index contributed by atoms with van der Waals surface area (Å²) in [6.45, 7) is 6.27. The lowest BCUT2D eigenvalue weighted by atomic mass is 10.4. The molecule has 0 aliphatic rings. The predicted molar refractivity (Wildman–Crippen MR) is 41.0 cm³/mol. The Kier molecular flexibility index (Phi) is 3.13. The summed E-state index contributed by atoms with van der Waals surface area (Å²) in [6.07, 6.45) is 0. The molecule has 0 rings (SSSR count). The van der Waals surface area contributed by atoms with Gasteiger partial charge in [-0.05, 0) is 13.8 Å². The summed E-state index contributed by atoms with van der Waals surface area (Å²) in [7, 11) is 2.03. The third-order valence-corrected chi connectivity index (χ3v) is 1.60. The molecule has 0 atom stereocenters. The maximum absolute atomic E-state index is 4.17. The van der Waals surface area contributed by atoms with Gasteiger partial charge >= 0.3 is 0 Å². The van der Waals surface area contributed by atoms with E-state index in [9.17, 15) is 0 Å². The van der Waals surface area contributed by atoms with Crippen molar-refractivity contribution in [3.63, 3.8) is 0 Å². The van der Waals surface area contributed by atoms with E-state index in [1.165, 1.54) is 0 Å². The fourth-order valence-electron chi connectivity index (χ4n) is 0.374. The van der Waals surface area contributed by atoms with Crippen LogP contribution in [0.5, 0.6) is 0 Å². The van der Waals surface area contributed by atoms with Crippen molar-refractivity contribution in [2.45, 2.75) is 26.8 Å². The highest BCUT2D eigenvalue weighted by molar-refractivity contribution is 7.96. The van der Waals surface area contributed by atoms with Crippen LogP contribution >= 0.6 is 12.6 Å². The minimum atomic E-state index is 0.562. The van der Waals surface area contributed by atoms with E-state index >= 15 is 0 Å². The van der Waals surface area contributed by atoms with Crippen LogP contribution in [0.4, 0.5) is 0 Å². The lowest BCUT2D eigenvalue weighted by Gasteiger charge is -2.00. The summed E-state index contributed by atoms with van der Waals surface area (Å²) < 4.78 is 2.11. The fourth-order valence-corrected chi connectivity index (χ4v) is 0.605. The van der Waals surface area contributed by atoms with Gasteiger partial charge in [-0.3, -0.25) is 0 Å². The van der Waals surface area contributed by atoms with Gasteiger partial charge in [-0.15, -0.1) is 0 Å². The average molecular weight is 132 g/mol. The van der Waals surface area contributed by atoms with Crippen molar-refractivity contribution in [2.24, 2.45) is 0 Å². The third kappa shape index (κ3) is 2.36. The molecule has 0 heterocycles. The monoisotopic (exact) mass is 132 g/mol. The van der Waals surface area contributed by atoms with E-state index in [0.29, 0.717) is 6.04 Å². The molecular formula is C6H14NS+. The summed E-state index contributed by atoms with van der Waals surface area (Å²) in [5.74, 6) is 0.